The van der Waals surface area contributed by atoms with Gasteiger partial charge in [0, 0.05) is 25.9 Å². The number of ether oxygens (including phenoxy) is 1. The summed E-state index contributed by atoms with van der Waals surface area (Å²) in [6, 6.07) is 9.78. The first-order chi connectivity index (χ1) is 8.36. The Labute approximate surface area is 102 Å². The topological polar surface area (TPSA) is 71.7 Å². The third kappa shape index (κ3) is 5.89. The Morgan fingerprint density at radius 1 is 1.29 bits per heavy atom. The van der Waals surface area contributed by atoms with Crippen LogP contribution >= 0.6 is 0 Å². The summed E-state index contributed by atoms with van der Waals surface area (Å²) in [7, 11) is 1.70. The number of nitrogens with two attached hydrogens (primary N) is 1. The minimum Gasteiger partial charge on any atom is -0.385 e. The van der Waals surface area contributed by atoms with Gasteiger partial charge in [0.15, 0.2) is 0 Å². The number of methoxy groups -OCH3 is 1. The van der Waals surface area contributed by atoms with Crippen LogP contribution in [0.1, 0.15) is 12.8 Å². The smallest absolute Gasteiger partial charge is 0.210 e. The van der Waals surface area contributed by atoms with Crippen molar-refractivity contribution in [3.05, 3.63) is 30.3 Å². The van der Waals surface area contributed by atoms with Crippen LogP contribution in [0, 0.1) is 0 Å². The predicted molar refractivity (Wildman–Crippen MR) is 70.8 cm³/mol. The van der Waals surface area contributed by atoms with Crippen LogP contribution in [0.5, 0.6) is 0 Å². The number of hydrogen-bond donors (Lipinski definition) is 3. The van der Waals surface area contributed by atoms with Crippen molar-refractivity contribution in [3.63, 3.8) is 0 Å². The zero-order valence-electron chi connectivity index (χ0n) is 10.1. The molecule has 0 aliphatic rings. The van der Waals surface area contributed by atoms with Gasteiger partial charge >= 0.3 is 0 Å². The number of hydrogen-bond acceptors (Lipinski definition) is 3. The number of benzene rings is 1. The maximum atomic E-state index is 5.39. The quantitative estimate of drug-likeness (QED) is 0.229. The lowest BCUT2D eigenvalue weighted by Gasteiger charge is -2.08. The third-order valence-electron chi connectivity index (χ3n) is 2.20. The van der Waals surface area contributed by atoms with Gasteiger partial charge in [0.2, 0.25) is 5.96 Å². The highest BCUT2D eigenvalue weighted by atomic mass is 16.5. The number of anilines is 1. The fourth-order valence-corrected chi connectivity index (χ4v) is 1.33. The first-order valence-electron chi connectivity index (χ1n) is 5.69. The molecule has 0 aromatic heterocycles. The van der Waals surface area contributed by atoms with E-state index in [-0.39, 0.29) is 0 Å². The van der Waals surface area contributed by atoms with Gasteiger partial charge in [-0.15, -0.1) is 0 Å². The molecular formula is C12H20N4O. The molecule has 0 saturated heterocycles. The standard InChI is InChI=1S/C12H20N4O/c1-17-10-6-5-9-14-12(16-13)15-11-7-3-2-4-8-11/h2-4,7-8H,5-6,9-10,13H2,1H3,(H2,14,15,16). The fraction of sp³-hybridized carbons (Fsp3) is 0.417. The summed E-state index contributed by atoms with van der Waals surface area (Å²) in [6.45, 7) is 1.50. The van der Waals surface area contributed by atoms with Crippen molar-refractivity contribution < 1.29 is 4.74 Å². The molecule has 1 rings (SSSR count). The minimum atomic E-state index is 0.577. The van der Waals surface area contributed by atoms with Crippen molar-refractivity contribution in [3.8, 4) is 0 Å². The third-order valence-corrected chi connectivity index (χ3v) is 2.20. The number of guanidine groups is 1. The molecule has 0 fully saturated rings. The molecule has 5 nitrogen and oxygen atoms in total. The van der Waals surface area contributed by atoms with Gasteiger partial charge in [-0.2, -0.15) is 0 Å². The first kappa shape index (κ1) is 13.5. The van der Waals surface area contributed by atoms with E-state index >= 15 is 0 Å². The van der Waals surface area contributed by atoms with Crippen molar-refractivity contribution >= 4 is 11.6 Å². The molecule has 1 aromatic rings. The Bertz CT molecular complexity index is 327. The number of hydrazine groups is 1. The van der Waals surface area contributed by atoms with Crippen LogP contribution in [-0.4, -0.2) is 26.2 Å². The molecule has 4 N–H and O–H groups in total. The molecule has 1 aromatic carbocycles. The van der Waals surface area contributed by atoms with E-state index < -0.39 is 0 Å². The lowest BCUT2D eigenvalue weighted by atomic mass is 10.3. The van der Waals surface area contributed by atoms with E-state index in [9.17, 15) is 0 Å². The van der Waals surface area contributed by atoms with Crippen molar-refractivity contribution in [2.75, 3.05) is 25.6 Å². The van der Waals surface area contributed by atoms with E-state index in [0.29, 0.717) is 5.96 Å². The lowest BCUT2D eigenvalue weighted by Crippen LogP contribution is -2.36. The zero-order valence-corrected chi connectivity index (χ0v) is 10.1. The number of para-hydroxylation sites is 1. The Morgan fingerprint density at radius 3 is 2.71 bits per heavy atom. The predicted octanol–water partition coefficient (Wildman–Crippen LogP) is 1.34. The zero-order chi connectivity index (χ0) is 12.3. The summed E-state index contributed by atoms with van der Waals surface area (Å²) in [6.07, 6.45) is 1.98. The van der Waals surface area contributed by atoms with E-state index in [4.69, 9.17) is 10.6 Å². The number of unbranched alkanes of at least 4 members (excludes halogenated alkanes) is 1. The molecule has 17 heavy (non-hydrogen) atoms. The molecule has 0 aliphatic heterocycles. The Hall–Kier alpha value is -1.59. The average molecular weight is 236 g/mol. The summed E-state index contributed by atoms with van der Waals surface area (Å²) >= 11 is 0. The highest BCUT2D eigenvalue weighted by Crippen LogP contribution is 2.04. The molecule has 0 bridgehead atoms. The van der Waals surface area contributed by atoms with Crippen LogP contribution in [0.15, 0.2) is 35.3 Å². The fourth-order valence-electron chi connectivity index (χ4n) is 1.33. The van der Waals surface area contributed by atoms with Crippen LogP contribution in [0.3, 0.4) is 0 Å². The number of nitrogens with zero attached hydrogens (tertiary/aromatic N) is 1. The van der Waals surface area contributed by atoms with Gasteiger partial charge in [-0.1, -0.05) is 18.2 Å². The lowest BCUT2D eigenvalue weighted by molar-refractivity contribution is 0.193. The first-order valence-corrected chi connectivity index (χ1v) is 5.69. The van der Waals surface area contributed by atoms with Gasteiger partial charge in [-0.25, -0.2) is 5.84 Å². The number of nitrogens with one attached hydrogen (secondary N) is 2. The molecule has 0 radical (unpaired) electrons. The second-order valence-corrected chi connectivity index (χ2v) is 3.57. The Kier molecular flexibility index (Phi) is 6.78. The molecule has 0 amide bonds. The van der Waals surface area contributed by atoms with Crippen LogP contribution in [0.2, 0.25) is 0 Å². The molecule has 0 saturated carbocycles. The summed E-state index contributed by atoms with van der Waals surface area (Å²) in [4.78, 5) is 4.32. The normalized spacial score (nSPS) is 11.3. The maximum Gasteiger partial charge on any atom is 0.210 e. The van der Waals surface area contributed by atoms with E-state index in [0.717, 1.165) is 31.7 Å². The molecule has 0 heterocycles. The molecule has 0 atom stereocenters. The highest BCUT2D eigenvalue weighted by Gasteiger charge is 1.96. The minimum absolute atomic E-state index is 0.577. The highest BCUT2D eigenvalue weighted by molar-refractivity contribution is 5.93. The molecule has 5 heteroatoms. The summed E-state index contributed by atoms with van der Waals surface area (Å²) in [5.74, 6) is 5.97. The molecular weight excluding hydrogens is 216 g/mol. The van der Waals surface area contributed by atoms with Crippen molar-refractivity contribution in [1.29, 1.82) is 0 Å². The van der Waals surface area contributed by atoms with Crippen molar-refractivity contribution in [2.24, 2.45) is 10.8 Å². The summed E-state index contributed by atoms with van der Waals surface area (Å²) in [5.41, 5.74) is 3.51. The largest absolute Gasteiger partial charge is 0.385 e. The van der Waals surface area contributed by atoms with E-state index in [1.807, 2.05) is 30.3 Å². The van der Waals surface area contributed by atoms with Crippen LogP contribution in [0.4, 0.5) is 5.69 Å². The van der Waals surface area contributed by atoms with Crippen molar-refractivity contribution in [2.45, 2.75) is 12.8 Å². The van der Waals surface area contributed by atoms with Crippen LogP contribution < -0.4 is 16.6 Å². The molecule has 0 unspecified atom stereocenters. The summed E-state index contributed by atoms with van der Waals surface area (Å²) in [5, 5.41) is 3.10. The van der Waals surface area contributed by atoms with Crippen molar-refractivity contribution in [1.82, 2.24) is 5.43 Å². The van der Waals surface area contributed by atoms with Gasteiger partial charge in [-0.05, 0) is 25.0 Å². The SMILES string of the molecule is COCCCCN=C(NN)Nc1ccccc1. The number of aliphatic imine (C=N–C) groups is 1. The molecule has 0 aliphatic carbocycles. The van der Waals surface area contributed by atoms with E-state index in [1.54, 1.807) is 7.11 Å². The molecule has 0 spiro atoms. The van der Waals surface area contributed by atoms with Gasteiger partial charge < -0.3 is 10.1 Å². The number of rotatable bonds is 6. The maximum absolute atomic E-state index is 5.39. The van der Waals surface area contributed by atoms with Crippen LogP contribution in [-0.2, 0) is 4.74 Å². The summed E-state index contributed by atoms with van der Waals surface area (Å²) < 4.78 is 4.97. The monoisotopic (exact) mass is 236 g/mol. The van der Waals surface area contributed by atoms with Gasteiger partial charge in [0.25, 0.3) is 0 Å². The Balaban J connectivity index is 2.35. The average Bonchev–Trinajstić information content (AvgIpc) is 2.38. The van der Waals surface area contributed by atoms with Gasteiger partial charge in [0.1, 0.15) is 0 Å². The van der Waals surface area contributed by atoms with E-state index in [1.165, 1.54) is 0 Å². The van der Waals surface area contributed by atoms with Crippen LogP contribution in [0.25, 0.3) is 0 Å². The van der Waals surface area contributed by atoms with Gasteiger partial charge in [0.05, 0.1) is 0 Å². The Morgan fingerprint density at radius 2 is 2.06 bits per heavy atom. The van der Waals surface area contributed by atoms with E-state index in [2.05, 4.69) is 15.7 Å². The molecule has 94 valence electrons. The second kappa shape index (κ2) is 8.55. The van der Waals surface area contributed by atoms with Gasteiger partial charge in [-0.3, -0.25) is 10.4 Å². The second-order valence-electron chi connectivity index (χ2n) is 3.57.